The van der Waals surface area contributed by atoms with Gasteiger partial charge in [0, 0.05) is 0 Å². The zero-order valence-corrected chi connectivity index (χ0v) is 12.5. The van der Waals surface area contributed by atoms with Crippen molar-refractivity contribution in [2.24, 2.45) is 5.92 Å². The highest BCUT2D eigenvalue weighted by atomic mass is 14.0. The molecule has 103 valence electrons. The van der Waals surface area contributed by atoms with E-state index in [9.17, 15) is 0 Å². The van der Waals surface area contributed by atoms with Crippen LogP contribution < -0.4 is 0 Å². The smallest absolute Gasteiger partial charge is 0.0443 e. The summed E-state index contributed by atoms with van der Waals surface area (Å²) in [4.78, 5) is 0. The van der Waals surface area contributed by atoms with Crippen molar-refractivity contribution in [2.45, 2.75) is 97.3 Å². The van der Waals surface area contributed by atoms with Gasteiger partial charge in [0.05, 0.1) is 0 Å². The molecule has 17 heavy (non-hydrogen) atoms. The summed E-state index contributed by atoms with van der Waals surface area (Å²) in [5, 5.41) is 0. The standard InChI is InChI=1S/C17H35/c1-4-5-6-7-8-9-10-11-12-13-14-15-16-17(2)3/h17H,2,4-16H2,1,3H3/t17-/m1/s1. The van der Waals surface area contributed by atoms with Crippen molar-refractivity contribution < 1.29 is 0 Å². The van der Waals surface area contributed by atoms with Crippen LogP contribution in [0, 0.1) is 12.8 Å². The summed E-state index contributed by atoms with van der Waals surface area (Å²) >= 11 is 0. The fourth-order valence-electron chi connectivity index (χ4n) is 2.33. The van der Waals surface area contributed by atoms with Crippen LogP contribution in [0.25, 0.3) is 0 Å². The van der Waals surface area contributed by atoms with E-state index >= 15 is 0 Å². The van der Waals surface area contributed by atoms with Gasteiger partial charge in [0.25, 0.3) is 0 Å². The number of unbranched alkanes of at least 4 members (excludes halogenated alkanes) is 11. The van der Waals surface area contributed by atoms with Gasteiger partial charge in [0.2, 0.25) is 0 Å². The van der Waals surface area contributed by atoms with Crippen LogP contribution in [0.3, 0.4) is 0 Å². The fourth-order valence-corrected chi connectivity index (χ4v) is 2.33. The zero-order chi connectivity index (χ0) is 12.8. The molecule has 0 aliphatic carbocycles. The minimum Gasteiger partial charge on any atom is -0.0654 e. The van der Waals surface area contributed by atoms with Gasteiger partial charge in [-0.3, -0.25) is 0 Å². The normalized spacial score (nSPS) is 11.3. The minimum absolute atomic E-state index is 0.651. The molecule has 0 fully saturated rings. The topological polar surface area (TPSA) is 0 Å². The Morgan fingerprint density at radius 2 is 1.00 bits per heavy atom. The van der Waals surface area contributed by atoms with Crippen molar-refractivity contribution in [1.29, 1.82) is 0 Å². The third-order valence-corrected chi connectivity index (χ3v) is 3.55. The molecular formula is C17H35. The van der Waals surface area contributed by atoms with Gasteiger partial charge in [-0.25, -0.2) is 0 Å². The van der Waals surface area contributed by atoms with Crippen molar-refractivity contribution in [2.75, 3.05) is 0 Å². The second-order valence-electron chi connectivity index (χ2n) is 5.78. The Morgan fingerprint density at radius 1 is 0.647 bits per heavy atom. The third-order valence-electron chi connectivity index (χ3n) is 3.55. The zero-order valence-electron chi connectivity index (χ0n) is 12.5. The van der Waals surface area contributed by atoms with E-state index < -0.39 is 0 Å². The molecule has 0 unspecified atom stereocenters. The lowest BCUT2D eigenvalue weighted by atomic mass is 10.0. The number of hydrogen-bond donors (Lipinski definition) is 0. The molecular weight excluding hydrogens is 204 g/mol. The molecule has 0 nitrogen and oxygen atoms in total. The minimum atomic E-state index is 0.651. The first kappa shape index (κ1) is 17.0. The van der Waals surface area contributed by atoms with Crippen LogP contribution in [0.2, 0.25) is 0 Å². The fraction of sp³-hybridized carbons (Fsp3) is 0.941. The Labute approximate surface area is 111 Å². The quantitative estimate of drug-likeness (QED) is 0.320. The van der Waals surface area contributed by atoms with E-state index in [1.165, 1.54) is 83.5 Å². The summed E-state index contributed by atoms with van der Waals surface area (Å²) < 4.78 is 0. The van der Waals surface area contributed by atoms with Crippen LogP contribution in [0.1, 0.15) is 97.3 Å². The second kappa shape index (κ2) is 14.1. The van der Waals surface area contributed by atoms with Gasteiger partial charge >= 0.3 is 0 Å². The van der Waals surface area contributed by atoms with E-state index in [1.807, 2.05) is 0 Å². The maximum absolute atomic E-state index is 4.03. The number of hydrogen-bond acceptors (Lipinski definition) is 0. The first-order valence-corrected chi connectivity index (χ1v) is 8.10. The van der Waals surface area contributed by atoms with Gasteiger partial charge in [-0.15, -0.1) is 0 Å². The molecule has 0 saturated heterocycles. The predicted octanol–water partition coefficient (Wildman–Crippen LogP) is 6.55. The summed E-state index contributed by atoms with van der Waals surface area (Å²) in [7, 11) is 0. The highest BCUT2D eigenvalue weighted by Gasteiger charge is 1.95. The Morgan fingerprint density at radius 3 is 1.35 bits per heavy atom. The van der Waals surface area contributed by atoms with Crippen molar-refractivity contribution in [3.8, 4) is 0 Å². The van der Waals surface area contributed by atoms with Crippen molar-refractivity contribution in [1.82, 2.24) is 0 Å². The van der Waals surface area contributed by atoms with Crippen LogP contribution in [0.4, 0.5) is 0 Å². The summed E-state index contributed by atoms with van der Waals surface area (Å²) in [6.45, 7) is 8.54. The maximum atomic E-state index is 4.03. The van der Waals surface area contributed by atoms with E-state index in [4.69, 9.17) is 0 Å². The average molecular weight is 239 g/mol. The van der Waals surface area contributed by atoms with Crippen LogP contribution in [-0.2, 0) is 0 Å². The SMILES string of the molecule is [CH2][C@H](C)CCCCCCCCCCCCCC. The van der Waals surface area contributed by atoms with Crippen molar-refractivity contribution in [3.63, 3.8) is 0 Å². The summed E-state index contributed by atoms with van der Waals surface area (Å²) in [5.74, 6) is 0.651. The largest absolute Gasteiger partial charge is 0.0654 e. The van der Waals surface area contributed by atoms with Crippen LogP contribution in [0.15, 0.2) is 0 Å². The monoisotopic (exact) mass is 239 g/mol. The van der Waals surface area contributed by atoms with Gasteiger partial charge < -0.3 is 0 Å². The van der Waals surface area contributed by atoms with E-state index in [-0.39, 0.29) is 0 Å². The van der Waals surface area contributed by atoms with Gasteiger partial charge in [-0.05, 0) is 5.92 Å². The Hall–Kier alpha value is 0. The first-order valence-electron chi connectivity index (χ1n) is 8.10. The van der Waals surface area contributed by atoms with Gasteiger partial charge in [-0.2, -0.15) is 0 Å². The molecule has 1 atom stereocenters. The summed E-state index contributed by atoms with van der Waals surface area (Å²) in [6.07, 6.45) is 18.6. The molecule has 0 heteroatoms. The van der Waals surface area contributed by atoms with E-state index in [0.717, 1.165) is 0 Å². The molecule has 0 heterocycles. The van der Waals surface area contributed by atoms with Crippen molar-refractivity contribution in [3.05, 3.63) is 6.92 Å². The summed E-state index contributed by atoms with van der Waals surface area (Å²) in [5.41, 5.74) is 0. The second-order valence-corrected chi connectivity index (χ2v) is 5.78. The van der Waals surface area contributed by atoms with E-state index in [0.29, 0.717) is 5.92 Å². The van der Waals surface area contributed by atoms with Crippen LogP contribution in [0.5, 0.6) is 0 Å². The molecule has 0 bridgehead atoms. The molecule has 0 rings (SSSR count). The lowest BCUT2D eigenvalue weighted by molar-refractivity contribution is 0.521. The van der Waals surface area contributed by atoms with E-state index in [2.05, 4.69) is 20.8 Å². The van der Waals surface area contributed by atoms with Gasteiger partial charge in [-0.1, -0.05) is 104 Å². The molecule has 1 radical (unpaired) electrons. The molecule has 0 aliphatic rings. The Bertz CT molecular complexity index is 126. The Kier molecular flexibility index (Phi) is 14.1. The van der Waals surface area contributed by atoms with Crippen LogP contribution in [-0.4, -0.2) is 0 Å². The molecule has 0 aromatic heterocycles. The average Bonchev–Trinajstić information content (AvgIpc) is 2.30. The van der Waals surface area contributed by atoms with Gasteiger partial charge in [0.1, 0.15) is 0 Å². The highest BCUT2D eigenvalue weighted by Crippen LogP contribution is 2.13. The van der Waals surface area contributed by atoms with Gasteiger partial charge in [0.15, 0.2) is 0 Å². The molecule has 0 spiro atoms. The first-order chi connectivity index (χ1) is 8.27. The lowest BCUT2D eigenvalue weighted by Gasteiger charge is -2.04. The molecule has 0 saturated carbocycles. The molecule has 0 aromatic carbocycles. The molecule has 0 amide bonds. The molecule has 0 aliphatic heterocycles. The van der Waals surface area contributed by atoms with Crippen molar-refractivity contribution >= 4 is 0 Å². The lowest BCUT2D eigenvalue weighted by Crippen LogP contribution is -1.87. The molecule has 0 N–H and O–H groups in total. The van der Waals surface area contributed by atoms with E-state index in [1.54, 1.807) is 0 Å². The summed E-state index contributed by atoms with van der Waals surface area (Å²) in [6, 6.07) is 0. The third kappa shape index (κ3) is 16.0. The Balaban J connectivity index is 2.89. The maximum Gasteiger partial charge on any atom is -0.0443 e. The highest BCUT2D eigenvalue weighted by molar-refractivity contribution is 4.54. The number of rotatable bonds is 13. The van der Waals surface area contributed by atoms with Crippen LogP contribution >= 0.6 is 0 Å². The predicted molar refractivity (Wildman–Crippen MR) is 80.2 cm³/mol. The molecule has 0 aromatic rings.